The first-order valence-electron chi connectivity index (χ1n) is 5.60. The van der Waals surface area contributed by atoms with Crippen LogP contribution in [-0.2, 0) is 4.74 Å². The predicted molar refractivity (Wildman–Crippen MR) is 65.9 cm³/mol. The van der Waals surface area contributed by atoms with Gasteiger partial charge < -0.3 is 4.74 Å². The fraction of sp³-hybridized carbons (Fsp3) is 0.143. The fourth-order valence-electron chi connectivity index (χ4n) is 1.85. The van der Waals surface area contributed by atoms with Gasteiger partial charge in [-0.2, -0.15) is 0 Å². The highest BCUT2D eigenvalue weighted by Gasteiger charge is 2.21. The van der Waals surface area contributed by atoms with Crippen LogP contribution in [0.25, 0.3) is 0 Å². The molecular formula is C14H12N2O. The Morgan fingerprint density at radius 3 is 2.59 bits per heavy atom. The Morgan fingerprint density at radius 1 is 1.00 bits per heavy atom. The molecule has 3 heteroatoms. The van der Waals surface area contributed by atoms with Gasteiger partial charge in [0, 0.05) is 6.20 Å². The summed E-state index contributed by atoms with van der Waals surface area (Å²) in [5.74, 6) is 0.638. The largest absolute Gasteiger partial charge is 0.474 e. The van der Waals surface area contributed by atoms with E-state index in [2.05, 4.69) is 22.1 Å². The lowest BCUT2D eigenvalue weighted by Crippen LogP contribution is -2.03. The van der Waals surface area contributed by atoms with Crippen molar-refractivity contribution in [3.05, 3.63) is 66.0 Å². The van der Waals surface area contributed by atoms with Gasteiger partial charge in [0.2, 0.25) is 5.90 Å². The molecule has 2 aromatic rings. The third kappa shape index (κ3) is 2.04. The zero-order chi connectivity index (χ0) is 11.5. The molecule has 0 aliphatic carbocycles. The van der Waals surface area contributed by atoms with E-state index >= 15 is 0 Å². The molecule has 0 radical (unpaired) electrons. The summed E-state index contributed by atoms with van der Waals surface area (Å²) in [5.41, 5.74) is 1.98. The zero-order valence-corrected chi connectivity index (χ0v) is 9.28. The van der Waals surface area contributed by atoms with Gasteiger partial charge in [-0.1, -0.05) is 36.4 Å². The van der Waals surface area contributed by atoms with Gasteiger partial charge in [0.05, 0.1) is 0 Å². The summed E-state index contributed by atoms with van der Waals surface area (Å²) in [4.78, 5) is 8.79. The van der Waals surface area contributed by atoms with Crippen LogP contribution in [0.15, 0.2) is 59.7 Å². The van der Waals surface area contributed by atoms with Crippen LogP contribution in [0, 0.1) is 0 Å². The topological polar surface area (TPSA) is 34.5 Å². The Kier molecular flexibility index (Phi) is 2.58. The van der Waals surface area contributed by atoms with Crippen molar-refractivity contribution in [2.24, 2.45) is 4.99 Å². The van der Waals surface area contributed by atoms with E-state index in [0.717, 1.165) is 5.69 Å². The monoisotopic (exact) mass is 224 g/mol. The quantitative estimate of drug-likeness (QED) is 0.785. The van der Waals surface area contributed by atoms with Crippen molar-refractivity contribution in [3.8, 4) is 0 Å². The van der Waals surface area contributed by atoms with Gasteiger partial charge in [0.15, 0.2) is 0 Å². The number of rotatable bonds is 2. The van der Waals surface area contributed by atoms with E-state index in [-0.39, 0.29) is 6.04 Å². The summed E-state index contributed by atoms with van der Waals surface area (Å²) >= 11 is 0. The van der Waals surface area contributed by atoms with Crippen molar-refractivity contribution < 1.29 is 4.74 Å². The normalized spacial score (nSPS) is 18.6. The highest BCUT2D eigenvalue weighted by atomic mass is 16.5. The number of aliphatic imine (C=N–C) groups is 1. The molecular weight excluding hydrogens is 212 g/mol. The number of benzene rings is 1. The molecule has 1 aliphatic rings. The number of aromatic nitrogens is 1. The second-order valence-electron chi connectivity index (χ2n) is 3.89. The Hall–Kier alpha value is -2.16. The van der Waals surface area contributed by atoms with Crippen molar-refractivity contribution in [1.29, 1.82) is 0 Å². The number of ether oxygens (including phenoxy) is 1. The fourth-order valence-corrected chi connectivity index (χ4v) is 1.85. The number of hydrogen-bond donors (Lipinski definition) is 0. The Bertz CT molecular complexity index is 522. The van der Waals surface area contributed by atoms with Crippen LogP contribution in [0.2, 0.25) is 0 Å². The summed E-state index contributed by atoms with van der Waals surface area (Å²) in [7, 11) is 0. The van der Waals surface area contributed by atoms with Crippen LogP contribution in [0.1, 0.15) is 17.3 Å². The van der Waals surface area contributed by atoms with E-state index in [1.807, 2.05) is 36.4 Å². The zero-order valence-electron chi connectivity index (χ0n) is 9.28. The van der Waals surface area contributed by atoms with E-state index in [1.165, 1.54) is 5.56 Å². The SMILES string of the molecule is c1ccc(C2COC(c3ccccn3)=N2)cc1. The molecule has 3 nitrogen and oxygen atoms in total. The average molecular weight is 224 g/mol. The molecule has 0 spiro atoms. The minimum Gasteiger partial charge on any atom is -0.474 e. The maximum atomic E-state index is 5.59. The maximum absolute atomic E-state index is 5.59. The molecule has 1 unspecified atom stereocenters. The van der Waals surface area contributed by atoms with Gasteiger partial charge in [-0.15, -0.1) is 0 Å². The van der Waals surface area contributed by atoms with Gasteiger partial charge in [0.25, 0.3) is 0 Å². The predicted octanol–water partition coefficient (Wildman–Crippen LogP) is 2.60. The second kappa shape index (κ2) is 4.37. The minimum absolute atomic E-state index is 0.0909. The molecule has 1 atom stereocenters. The Morgan fingerprint density at radius 2 is 1.82 bits per heavy atom. The Labute approximate surface area is 99.8 Å². The molecule has 0 bridgehead atoms. The summed E-state index contributed by atoms with van der Waals surface area (Å²) in [6.45, 7) is 0.593. The van der Waals surface area contributed by atoms with Crippen LogP contribution >= 0.6 is 0 Å². The Balaban J connectivity index is 1.87. The molecule has 2 heterocycles. The van der Waals surface area contributed by atoms with E-state index in [9.17, 15) is 0 Å². The summed E-state index contributed by atoms with van der Waals surface area (Å²) in [5, 5.41) is 0. The van der Waals surface area contributed by atoms with Crippen LogP contribution in [0.3, 0.4) is 0 Å². The number of nitrogens with zero attached hydrogens (tertiary/aromatic N) is 2. The second-order valence-corrected chi connectivity index (χ2v) is 3.89. The lowest BCUT2D eigenvalue weighted by molar-refractivity contribution is 0.319. The highest BCUT2D eigenvalue weighted by Crippen LogP contribution is 2.24. The lowest BCUT2D eigenvalue weighted by Gasteiger charge is -2.03. The standard InChI is InChI=1S/C14H12N2O/c1-2-6-11(7-3-1)13-10-17-14(16-13)12-8-4-5-9-15-12/h1-9,13H,10H2. The molecule has 0 fully saturated rings. The molecule has 1 aliphatic heterocycles. The smallest absolute Gasteiger partial charge is 0.236 e. The van der Waals surface area contributed by atoms with Gasteiger partial charge in [-0.25, -0.2) is 4.99 Å². The van der Waals surface area contributed by atoms with Crippen molar-refractivity contribution in [1.82, 2.24) is 4.98 Å². The van der Waals surface area contributed by atoms with Gasteiger partial charge >= 0.3 is 0 Å². The van der Waals surface area contributed by atoms with E-state index in [0.29, 0.717) is 12.5 Å². The first kappa shape index (κ1) is 10.0. The molecule has 17 heavy (non-hydrogen) atoms. The number of pyridine rings is 1. The van der Waals surface area contributed by atoms with Crippen LogP contribution in [-0.4, -0.2) is 17.5 Å². The lowest BCUT2D eigenvalue weighted by atomic mass is 10.1. The van der Waals surface area contributed by atoms with Crippen LogP contribution in [0.4, 0.5) is 0 Å². The van der Waals surface area contributed by atoms with Crippen molar-refractivity contribution >= 4 is 5.90 Å². The van der Waals surface area contributed by atoms with Gasteiger partial charge in [-0.05, 0) is 17.7 Å². The van der Waals surface area contributed by atoms with Crippen LogP contribution < -0.4 is 0 Å². The van der Waals surface area contributed by atoms with Crippen molar-refractivity contribution in [2.45, 2.75) is 6.04 Å². The molecule has 84 valence electrons. The number of hydrogen-bond acceptors (Lipinski definition) is 3. The minimum atomic E-state index is 0.0909. The van der Waals surface area contributed by atoms with Gasteiger partial charge in [0.1, 0.15) is 18.3 Å². The molecule has 1 aromatic heterocycles. The molecule has 0 saturated heterocycles. The molecule has 0 saturated carbocycles. The van der Waals surface area contributed by atoms with Gasteiger partial charge in [-0.3, -0.25) is 4.98 Å². The summed E-state index contributed by atoms with van der Waals surface area (Å²) < 4.78 is 5.59. The van der Waals surface area contributed by atoms with E-state index in [1.54, 1.807) is 6.20 Å². The van der Waals surface area contributed by atoms with Crippen molar-refractivity contribution in [3.63, 3.8) is 0 Å². The molecule has 1 aromatic carbocycles. The third-order valence-electron chi connectivity index (χ3n) is 2.72. The first-order chi connectivity index (χ1) is 8.43. The molecule has 0 amide bonds. The van der Waals surface area contributed by atoms with E-state index < -0.39 is 0 Å². The third-order valence-corrected chi connectivity index (χ3v) is 2.72. The maximum Gasteiger partial charge on any atom is 0.236 e. The highest BCUT2D eigenvalue weighted by molar-refractivity contribution is 5.93. The van der Waals surface area contributed by atoms with E-state index in [4.69, 9.17) is 4.74 Å². The summed E-state index contributed by atoms with van der Waals surface area (Å²) in [6.07, 6.45) is 1.75. The summed E-state index contributed by atoms with van der Waals surface area (Å²) in [6, 6.07) is 16.0. The molecule has 0 N–H and O–H groups in total. The average Bonchev–Trinajstić information content (AvgIpc) is 2.90. The van der Waals surface area contributed by atoms with Crippen molar-refractivity contribution in [2.75, 3.05) is 6.61 Å². The molecule has 3 rings (SSSR count). The first-order valence-corrected chi connectivity index (χ1v) is 5.60. The van der Waals surface area contributed by atoms with Crippen LogP contribution in [0.5, 0.6) is 0 Å².